The van der Waals surface area contributed by atoms with Crippen molar-refractivity contribution >= 4 is 17.6 Å². The van der Waals surface area contributed by atoms with Gasteiger partial charge in [-0.2, -0.15) is 4.98 Å². The molecule has 7 heteroatoms. The van der Waals surface area contributed by atoms with Gasteiger partial charge in [-0.3, -0.25) is 9.59 Å². The molecule has 0 amide bonds. The van der Waals surface area contributed by atoms with Crippen molar-refractivity contribution in [2.45, 2.75) is 46.1 Å². The second-order valence-corrected chi connectivity index (χ2v) is 5.80. The molecule has 0 fully saturated rings. The molecule has 0 spiro atoms. The third-order valence-corrected chi connectivity index (χ3v) is 2.53. The van der Waals surface area contributed by atoms with Crippen molar-refractivity contribution in [2.75, 3.05) is 11.9 Å². The van der Waals surface area contributed by atoms with Crippen molar-refractivity contribution < 1.29 is 23.8 Å². The van der Waals surface area contributed by atoms with E-state index in [4.69, 9.17) is 4.74 Å². The first kappa shape index (κ1) is 17.9. The molecule has 1 aromatic rings. The topological polar surface area (TPSA) is 88.5 Å². The van der Waals surface area contributed by atoms with E-state index in [1.54, 1.807) is 20.8 Å². The van der Waals surface area contributed by atoms with Crippen molar-refractivity contribution in [3.63, 3.8) is 0 Å². The number of carbonyl (C=O) groups is 2. The van der Waals surface area contributed by atoms with Gasteiger partial charge in [0, 0.05) is 6.54 Å². The molecule has 0 radical (unpaired) electrons. The van der Waals surface area contributed by atoms with Crippen LogP contribution in [0.2, 0.25) is 0 Å². The zero-order valence-electron chi connectivity index (χ0n) is 13.2. The minimum Gasteiger partial charge on any atom is -0.491 e. The summed E-state index contributed by atoms with van der Waals surface area (Å²) in [6, 6.07) is 0.868. The predicted octanol–water partition coefficient (Wildman–Crippen LogP) is 2.66. The maximum Gasteiger partial charge on any atom is 0.314 e. The van der Waals surface area contributed by atoms with Crippen LogP contribution in [-0.4, -0.2) is 34.0 Å². The quantitative estimate of drug-likeness (QED) is 0.477. The van der Waals surface area contributed by atoms with Gasteiger partial charge in [0.25, 0.3) is 0 Å². The number of nitrogens with zero attached hydrogens (tertiary/aromatic N) is 1. The number of pyridine rings is 1. The molecule has 1 aromatic heterocycles. The zero-order chi connectivity index (χ0) is 16.9. The van der Waals surface area contributed by atoms with E-state index in [1.807, 2.05) is 6.92 Å². The first-order valence-corrected chi connectivity index (χ1v) is 7.02. The highest BCUT2D eigenvalue weighted by Gasteiger charge is 2.23. The molecule has 22 heavy (non-hydrogen) atoms. The standard InChI is InChI=1S/C15H21FN2O4/c1-5-6-17-13-9(7-10(16)14(21)18-13)11(19)8-12(20)22-15(2,3)4/h7H,5-6,8H2,1-4H3,(H2,17,18,21). The average molecular weight is 312 g/mol. The molecule has 0 saturated heterocycles. The number of anilines is 1. The van der Waals surface area contributed by atoms with E-state index in [2.05, 4.69) is 10.3 Å². The van der Waals surface area contributed by atoms with Crippen LogP contribution in [0.3, 0.4) is 0 Å². The largest absolute Gasteiger partial charge is 0.491 e. The van der Waals surface area contributed by atoms with Crippen molar-refractivity contribution in [1.29, 1.82) is 0 Å². The molecule has 6 nitrogen and oxygen atoms in total. The van der Waals surface area contributed by atoms with Gasteiger partial charge in [-0.05, 0) is 33.3 Å². The monoisotopic (exact) mass is 312 g/mol. The van der Waals surface area contributed by atoms with Gasteiger partial charge < -0.3 is 15.2 Å². The number of aromatic nitrogens is 1. The smallest absolute Gasteiger partial charge is 0.314 e. The Bertz CT molecular complexity index is 567. The lowest BCUT2D eigenvalue weighted by Crippen LogP contribution is -2.25. The maximum absolute atomic E-state index is 13.4. The number of carbonyl (C=O) groups excluding carboxylic acids is 2. The molecule has 0 aliphatic rings. The van der Waals surface area contributed by atoms with Gasteiger partial charge in [0.1, 0.15) is 17.8 Å². The van der Waals surface area contributed by atoms with Crippen LogP contribution in [0.5, 0.6) is 5.88 Å². The molecule has 1 heterocycles. The minimum atomic E-state index is -1.02. The van der Waals surface area contributed by atoms with Crippen molar-refractivity contribution in [3.8, 4) is 5.88 Å². The van der Waals surface area contributed by atoms with Gasteiger partial charge in [0.2, 0.25) is 5.88 Å². The summed E-state index contributed by atoms with van der Waals surface area (Å²) in [5.41, 5.74) is -0.798. The third kappa shape index (κ3) is 5.31. The fraction of sp³-hybridized carbons (Fsp3) is 0.533. The number of ketones is 1. The summed E-state index contributed by atoms with van der Waals surface area (Å²) in [6.45, 7) is 7.45. The van der Waals surface area contributed by atoms with Crippen molar-refractivity contribution in [2.24, 2.45) is 0 Å². The molecule has 0 aliphatic carbocycles. The summed E-state index contributed by atoms with van der Waals surface area (Å²) in [7, 11) is 0. The minimum absolute atomic E-state index is 0.0503. The number of Topliss-reactive ketones (excluding diaryl/α,β-unsaturated/α-hetero) is 1. The summed E-state index contributed by atoms with van der Waals surface area (Å²) >= 11 is 0. The van der Waals surface area contributed by atoms with Crippen LogP contribution >= 0.6 is 0 Å². The van der Waals surface area contributed by atoms with Crippen molar-refractivity contribution in [3.05, 3.63) is 17.4 Å². The van der Waals surface area contributed by atoms with Gasteiger partial charge in [0.15, 0.2) is 11.6 Å². The number of nitrogens with one attached hydrogen (secondary N) is 1. The zero-order valence-corrected chi connectivity index (χ0v) is 13.2. The second kappa shape index (κ2) is 7.20. The van der Waals surface area contributed by atoms with Gasteiger partial charge in [-0.15, -0.1) is 0 Å². The van der Waals surface area contributed by atoms with Gasteiger partial charge >= 0.3 is 5.97 Å². The molecular formula is C15H21FN2O4. The van der Waals surface area contributed by atoms with Crippen LogP contribution in [0.25, 0.3) is 0 Å². The van der Waals surface area contributed by atoms with Crippen LogP contribution in [0, 0.1) is 5.82 Å². The van der Waals surface area contributed by atoms with Crippen LogP contribution in [0.1, 0.15) is 50.9 Å². The maximum atomic E-state index is 13.4. The lowest BCUT2D eigenvalue weighted by Gasteiger charge is -2.19. The van der Waals surface area contributed by atoms with Gasteiger partial charge in [0.05, 0.1) is 5.56 Å². The Labute approximate surface area is 128 Å². The third-order valence-electron chi connectivity index (χ3n) is 2.53. The highest BCUT2D eigenvalue weighted by Crippen LogP contribution is 2.23. The van der Waals surface area contributed by atoms with E-state index in [1.165, 1.54) is 0 Å². The summed E-state index contributed by atoms with van der Waals surface area (Å²) < 4.78 is 18.5. The highest BCUT2D eigenvalue weighted by molar-refractivity contribution is 6.08. The number of halogens is 1. The van der Waals surface area contributed by atoms with Crippen LogP contribution in [-0.2, 0) is 9.53 Å². The molecule has 0 aromatic carbocycles. The Kier molecular flexibility index (Phi) is 5.84. The normalized spacial score (nSPS) is 11.1. The summed E-state index contributed by atoms with van der Waals surface area (Å²) in [4.78, 5) is 27.5. The van der Waals surface area contributed by atoms with Gasteiger partial charge in [-0.25, -0.2) is 4.39 Å². The Morgan fingerprint density at radius 2 is 2.05 bits per heavy atom. The molecule has 0 unspecified atom stereocenters. The Hall–Kier alpha value is -2.18. The number of hydrogen-bond donors (Lipinski definition) is 2. The van der Waals surface area contributed by atoms with Crippen LogP contribution in [0.15, 0.2) is 6.07 Å². The molecule has 122 valence electrons. The number of hydrogen-bond acceptors (Lipinski definition) is 6. The average Bonchev–Trinajstić information content (AvgIpc) is 2.37. The van der Waals surface area contributed by atoms with E-state index in [9.17, 15) is 19.1 Å². The molecule has 0 aliphatic heterocycles. The molecule has 0 atom stereocenters. The number of ether oxygens (including phenoxy) is 1. The molecule has 0 saturated carbocycles. The second-order valence-electron chi connectivity index (χ2n) is 5.80. The summed E-state index contributed by atoms with van der Waals surface area (Å²) in [5.74, 6) is -3.09. The molecule has 2 N–H and O–H groups in total. The number of esters is 1. The summed E-state index contributed by atoms with van der Waals surface area (Å²) in [5, 5.41) is 12.1. The lowest BCUT2D eigenvalue weighted by atomic mass is 10.1. The van der Waals surface area contributed by atoms with Crippen LogP contribution in [0.4, 0.5) is 10.2 Å². The van der Waals surface area contributed by atoms with Crippen LogP contribution < -0.4 is 5.32 Å². The van der Waals surface area contributed by atoms with E-state index >= 15 is 0 Å². The van der Waals surface area contributed by atoms with E-state index in [0.29, 0.717) is 6.54 Å². The first-order chi connectivity index (χ1) is 10.1. The van der Waals surface area contributed by atoms with E-state index < -0.39 is 35.5 Å². The molecule has 1 rings (SSSR count). The fourth-order valence-corrected chi connectivity index (χ4v) is 1.67. The first-order valence-electron chi connectivity index (χ1n) is 7.02. The van der Waals surface area contributed by atoms with E-state index in [0.717, 1.165) is 12.5 Å². The SMILES string of the molecule is CCCNc1nc(O)c(F)cc1C(=O)CC(=O)OC(C)(C)C. The Morgan fingerprint density at radius 1 is 1.41 bits per heavy atom. The van der Waals surface area contributed by atoms with Gasteiger partial charge in [-0.1, -0.05) is 6.92 Å². The number of rotatable bonds is 6. The summed E-state index contributed by atoms with van der Waals surface area (Å²) in [6.07, 6.45) is 0.226. The molecule has 0 bridgehead atoms. The number of aromatic hydroxyl groups is 1. The lowest BCUT2D eigenvalue weighted by molar-refractivity contribution is -0.153. The highest BCUT2D eigenvalue weighted by atomic mass is 19.1. The fourth-order valence-electron chi connectivity index (χ4n) is 1.67. The molecular weight excluding hydrogens is 291 g/mol. The van der Waals surface area contributed by atoms with Crippen molar-refractivity contribution in [1.82, 2.24) is 4.98 Å². The van der Waals surface area contributed by atoms with E-state index in [-0.39, 0.29) is 11.4 Å². The Balaban J connectivity index is 2.96. The predicted molar refractivity (Wildman–Crippen MR) is 79.4 cm³/mol. The Morgan fingerprint density at radius 3 is 2.59 bits per heavy atom.